The molecule has 106 valence electrons. The summed E-state index contributed by atoms with van der Waals surface area (Å²) in [6.07, 6.45) is -0.361. The number of methoxy groups -OCH3 is 1. The van der Waals surface area contributed by atoms with Crippen molar-refractivity contribution < 1.29 is 14.6 Å². The lowest BCUT2D eigenvalue weighted by Gasteiger charge is -2.12. The van der Waals surface area contributed by atoms with Gasteiger partial charge in [0.25, 0.3) is 0 Å². The number of carboxylic acid groups (broad SMARTS) is 1. The lowest BCUT2D eigenvalue weighted by atomic mass is 10.1. The van der Waals surface area contributed by atoms with Crippen LogP contribution < -0.4 is 0 Å². The summed E-state index contributed by atoms with van der Waals surface area (Å²) in [5.41, 5.74) is 2.26. The van der Waals surface area contributed by atoms with E-state index in [2.05, 4.69) is 9.97 Å². The van der Waals surface area contributed by atoms with E-state index < -0.39 is 5.97 Å². The van der Waals surface area contributed by atoms with Crippen molar-refractivity contribution in [1.82, 2.24) is 9.97 Å². The average Bonchev–Trinajstić information content (AvgIpc) is 2.92. The highest BCUT2D eigenvalue weighted by Crippen LogP contribution is 2.26. The predicted molar refractivity (Wildman–Crippen MR) is 78.3 cm³/mol. The normalized spacial score (nSPS) is 12.4. The van der Waals surface area contributed by atoms with Gasteiger partial charge in [-0.25, -0.2) is 9.78 Å². The number of hydrogen-bond acceptors (Lipinski definition) is 3. The van der Waals surface area contributed by atoms with E-state index in [0.29, 0.717) is 16.9 Å². The van der Waals surface area contributed by atoms with Gasteiger partial charge in [0.1, 0.15) is 17.4 Å². The summed E-state index contributed by atoms with van der Waals surface area (Å²) in [5, 5.41) is 9.22. The number of ether oxygens (including phenoxy) is 1. The fourth-order valence-electron chi connectivity index (χ4n) is 2.38. The molecule has 21 heavy (non-hydrogen) atoms. The predicted octanol–water partition coefficient (Wildman–Crippen LogP) is 3.00. The summed E-state index contributed by atoms with van der Waals surface area (Å²) in [6, 6.07) is 14.7. The van der Waals surface area contributed by atoms with E-state index in [9.17, 15) is 9.90 Å². The Morgan fingerprint density at radius 2 is 1.95 bits per heavy atom. The summed E-state index contributed by atoms with van der Waals surface area (Å²) >= 11 is 0. The van der Waals surface area contributed by atoms with Crippen LogP contribution in [0.3, 0.4) is 0 Å². The van der Waals surface area contributed by atoms with Gasteiger partial charge in [-0.15, -0.1) is 0 Å². The van der Waals surface area contributed by atoms with Crippen LogP contribution >= 0.6 is 0 Å². The van der Waals surface area contributed by atoms with E-state index in [1.165, 1.54) is 0 Å². The molecule has 2 N–H and O–H groups in total. The molecule has 0 saturated carbocycles. The molecule has 5 nitrogen and oxygen atoms in total. The minimum Gasteiger partial charge on any atom is -0.478 e. The van der Waals surface area contributed by atoms with Crippen molar-refractivity contribution in [3.63, 3.8) is 0 Å². The zero-order chi connectivity index (χ0) is 14.8. The molecule has 3 aromatic rings. The van der Waals surface area contributed by atoms with Crippen LogP contribution in [0.2, 0.25) is 0 Å². The number of aromatic nitrogens is 2. The highest BCUT2D eigenvalue weighted by atomic mass is 16.5. The molecule has 0 fully saturated rings. The molecule has 2 aromatic carbocycles. The number of nitrogens with one attached hydrogen (secondary N) is 1. The summed E-state index contributed by atoms with van der Waals surface area (Å²) in [5.74, 6) is -0.403. The lowest BCUT2D eigenvalue weighted by Crippen LogP contribution is -2.05. The van der Waals surface area contributed by atoms with Gasteiger partial charge >= 0.3 is 5.97 Å². The fraction of sp³-hybridized carbons (Fsp3) is 0.125. The van der Waals surface area contributed by atoms with Crippen molar-refractivity contribution in [3.05, 3.63) is 65.5 Å². The summed E-state index contributed by atoms with van der Waals surface area (Å²) in [4.78, 5) is 18.8. The van der Waals surface area contributed by atoms with Crippen molar-refractivity contribution in [2.45, 2.75) is 6.10 Å². The number of rotatable bonds is 4. The molecule has 3 rings (SSSR count). The van der Waals surface area contributed by atoms with Crippen LogP contribution in [-0.4, -0.2) is 28.2 Å². The maximum absolute atomic E-state index is 11.2. The molecule has 0 saturated heterocycles. The Morgan fingerprint density at radius 3 is 2.62 bits per heavy atom. The number of carboxylic acids is 1. The Balaban J connectivity index is 2.12. The number of aromatic amines is 1. The number of fused-ring (bicyclic) bond motifs is 1. The van der Waals surface area contributed by atoms with Crippen LogP contribution in [0.25, 0.3) is 11.0 Å². The lowest BCUT2D eigenvalue weighted by molar-refractivity contribution is 0.0699. The maximum Gasteiger partial charge on any atom is 0.337 e. The number of para-hydroxylation sites is 1. The van der Waals surface area contributed by atoms with Gasteiger partial charge in [-0.1, -0.05) is 36.4 Å². The van der Waals surface area contributed by atoms with Gasteiger partial charge in [0.2, 0.25) is 0 Å². The Labute approximate surface area is 121 Å². The molecule has 1 aromatic heterocycles. The summed E-state index contributed by atoms with van der Waals surface area (Å²) < 4.78 is 5.51. The molecule has 0 aliphatic heterocycles. The number of hydrogen-bond donors (Lipinski definition) is 2. The number of carbonyl (C=O) groups is 1. The van der Waals surface area contributed by atoms with Gasteiger partial charge in [-0.3, -0.25) is 0 Å². The first kappa shape index (κ1) is 13.3. The highest BCUT2D eigenvalue weighted by Gasteiger charge is 2.19. The number of imidazole rings is 1. The largest absolute Gasteiger partial charge is 0.478 e. The first-order chi connectivity index (χ1) is 10.2. The van der Waals surface area contributed by atoms with Crippen molar-refractivity contribution in [2.24, 2.45) is 0 Å². The molecular formula is C16H14N2O3. The van der Waals surface area contributed by atoms with Gasteiger partial charge in [-0.05, 0) is 17.7 Å². The summed E-state index contributed by atoms with van der Waals surface area (Å²) in [6.45, 7) is 0. The SMILES string of the molecule is COC(c1ccccc1)c1nc2c(C(=O)O)cccc2[nH]1. The van der Waals surface area contributed by atoms with Crippen LogP contribution in [-0.2, 0) is 4.74 Å². The van der Waals surface area contributed by atoms with Crippen molar-refractivity contribution >= 4 is 17.0 Å². The molecule has 0 aliphatic carbocycles. The van der Waals surface area contributed by atoms with Crippen molar-refractivity contribution in [2.75, 3.05) is 7.11 Å². The molecule has 5 heteroatoms. The monoisotopic (exact) mass is 282 g/mol. The number of benzene rings is 2. The van der Waals surface area contributed by atoms with E-state index in [0.717, 1.165) is 5.56 Å². The van der Waals surface area contributed by atoms with Gasteiger partial charge in [0, 0.05) is 7.11 Å². The minimum atomic E-state index is -0.993. The zero-order valence-corrected chi connectivity index (χ0v) is 11.4. The second-order valence-corrected chi connectivity index (χ2v) is 4.66. The van der Waals surface area contributed by atoms with Gasteiger partial charge < -0.3 is 14.8 Å². The van der Waals surface area contributed by atoms with Gasteiger partial charge in [-0.2, -0.15) is 0 Å². The average molecular weight is 282 g/mol. The van der Waals surface area contributed by atoms with Gasteiger partial charge in [0.05, 0.1) is 11.1 Å². The number of nitrogens with zero attached hydrogens (tertiary/aromatic N) is 1. The van der Waals surface area contributed by atoms with Crippen molar-refractivity contribution in [1.29, 1.82) is 0 Å². The van der Waals surface area contributed by atoms with E-state index in [1.54, 1.807) is 25.3 Å². The molecule has 0 amide bonds. The second-order valence-electron chi connectivity index (χ2n) is 4.66. The fourth-order valence-corrected chi connectivity index (χ4v) is 2.38. The quantitative estimate of drug-likeness (QED) is 0.771. The number of H-pyrrole nitrogens is 1. The van der Waals surface area contributed by atoms with E-state index in [4.69, 9.17) is 4.74 Å². The molecule has 0 aliphatic rings. The maximum atomic E-state index is 11.2. The van der Waals surface area contributed by atoms with Gasteiger partial charge in [0.15, 0.2) is 0 Å². The van der Waals surface area contributed by atoms with Crippen LogP contribution in [0, 0.1) is 0 Å². The second kappa shape index (κ2) is 5.38. The smallest absolute Gasteiger partial charge is 0.337 e. The van der Waals surface area contributed by atoms with E-state index in [-0.39, 0.29) is 11.7 Å². The van der Waals surface area contributed by atoms with Crippen LogP contribution in [0.5, 0.6) is 0 Å². The third-order valence-electron chi connectivity index (χ3n) is 3.35. The third kappa shape index (κ3) is 2.39. The molecule has 1 atom stereocenters. The van der Waals surface area contributed by atoms with Crippen LogP contribution in [0.15, 0.2) is 48.5 Å². The van der Waals surface area contributed by atoms with Crippen molar-refractivity contribution in [3.8, 4) is 0 Å². The van der Waals surface area contributed by atoms with Crippen LogP contribution in [0.4, 0.5) is 0 Å². The van der Waals surface area contributed by atoms with E-state index >= 15 is 0 Å². The summed E-state index contributed by atoms with van der Waals surface area (Å²) in [7, 11) is 1.60. The highest BCUT2D eigenvalue weighted by molar-refractivity contribution is 6.00. The molecular weight excluding hydrogens is 268 g/mol. The molecule has 0 radical (unpaired) electrons. The minimum absolute atomic E-state index is 0.179. The first-order valence-corrected chi connectivity index (χ1v) is 6.50. The molecule has 1 unspecified atom stereocenters. The topological polar surface area (TPSA) is 75.2 Å². The third-order valence-corrected chi connectivity index (χ3v) is 3.35. The Bertz CT molecular complexity index is 781. The Hall–Kier alpha value is -2.66. The first-order valence-electron chi connectivity index (χ1n) is 6.50. The Kier molecular flexibility index (Phi) is 3.41. The standard InChI is InChI=1S/C16H14N2O3/c1-21-14(10-6-3-2-4-7-10)15-17-12-9-5-8-11(16(19)20)13(12)18-15/h2-9,14H,1H3,(H,17,18)(H,19,20). The zero-order valence-electron chi connectivity index (χ0n) is 11.4. The molecule has 1 heterocycles. The van der Waals surface area contributed by atoms with Crippen LogP contribution in [0.1, 0.15) is 27.8 Å². The number of aromatic carboxylic acids is 1. The molecule has 0 bridgehead atoms. The van der Waals surface area contributed by atoms with E-state index in [1.807, 2.05) is 30.3 Å². The Morgan fingerprint density at radius 1 is 1.19 bits per heavy atom. The molecule has 0 spiro atoms.